The number of fused-ring (bicyclic) bond motifs is 2. The van der Waals surface area contributed by atoms with Crippen molar-refractivity contribution in [3.8, 4) is 22.4 Å². The topological polar surface area (TPSA) is 50.2 Å². The van der Waals surface area contributed by atoms with E-state index in [1.54, 1.807) is 0 Å². The van der Waals surface area contributed by atoms with Crippen LogP contribution in [-0.2, 0) is 36.7 Å². The molecule has 1 N–H and O–H groups in total. The van der Waals surface area contributed by atoms with Crippen molar-refractivity contribution < 1.29 is 30.0 Å². The molecule has 0 spiro atoms. The summed E-state index contributed by atoms with van der Waals surface area (Å²) >= 11 is 1.92. The average Bonchev–Trinajstić information content (AvgIpc) is 3.47. The van der Waals surface area contributed by atoms with Crippen LogP contribution >= 0.6 is 11.3 Å². The Kier molecular flexibility index (Phi) is 15.0. The van der Waals surface area contributed by atoms with Crippen LogP contribution in [0.15, 0.2) is 84.8 Å². The van der Waals surface area contributed by atoms with Gasteiger partial charge < -0.3 is 5.11 Å². The number of aromatic nitrogens is 1. The third-order valence-corrected chi connectivity index (χ3v) is 10.4. The Bertz CT molecular complexity index is 1850. The van der Waals surface area contributed by atoms with Crippen molar-refractivity contribution in [1.29, 1.82) is 0 Å². The minimum absolute atomic E-state index is 0. The largest absolute Gasteiger partial charge is 0.512 e. The number of carbonyl (C=O) groups excluding carboxylic acids is 1. The smallest absolute Gasteiger partial charge is 0.162 e. The number of ketones is 1. The number of hydrogen-bond donors (Lipinski definition) is 1. The van der Waals surface area contributed by atoms with E-state index in [0.717, 1.165) is 48.7 Å². The normalized spacial score (nSPS) is 12.0. The van der Waals surface area contributed by atoms with Crippen LogP contribution in [0.1, 0.15) is 98.4 Å². The SMILES string of the molecule is CC(C)Cc1cc2c(-c3ccnc(-c4[c-]c5ccccc5c(C(C)(C)C)c4)c3)cccc2s1.CCC(CC)C(=O)/C=C(\O)C(CC)CC.[Ir]. The molecule has 0 bridgehead atoms. The predicted molar refractivity (Wildman–Crippen MR) is 208 cm³/mol. The zero-order chi connectivity index (χ0) is 35.0. The molecule has 0 saturated heterocycles. The summed E-state index contributed by atoms with van der Waals surface area (Å²) in [5.74, 6) is 1.21. The van der Waals surface area contributed by atoms with Crippen molar-refractivity contribution in [3.63, 3.8) is 0 Å². The molecule has 0 saturated carbocycles. The second kappa shape index (κ2) is 18.2. The van der Waals surface area contributed by atoms with Gasteiger partial charge in [0.1, 0.15) is 0 Å². The van der Waals surface area contributed by atoms with Gasteiger partial charge in [-0.25, -0.2) is 0 Å². The van der Waals surface area contributed by atoms with Crippen LogP contribution in [0.5, 0.6) is 0 Å². The maximum absolute atomic E-state index is 11.7. The average molecular weight is 853 g/mol. The summed E-state index contributed by atoms with van der Waals surface area (Å²) in [4.78, 5) is 17.9. The fraction of sp³-hybridized carbons (Fsp3) is 0.409. The molecule has 2 aromatic heterocycles. The molecule has 0 unspecified atom stereocenters. The number of allylic oxidation sites excluding steroid dienone is 2. The number of thiophene rings is 1. The van der Waals surface area contributed by atoms with E-state index in [1.165, 1.54) is 43.1 Å². The molecule has 0 atom stereocenters. The quantitative estimate of drug-likeness (QED) is 0.0818. The first kappa shape index (κ1) is 40.3. The van der Waals surface area contributed by atoms with Gasteiger partial charge in [-0.1, -0.05) is 110 Å². The number of hydrogen-bond acceptors (Lipinski definition) is 4. The second-order valence-corrected chi connectivity index (χ2v) is 15.5. The summed E-state index contributed by atoms with van der Waals surface area (Å²) in [6.07, 6.45) is 7.97. The van der Waals surface area contributed by atoms with Gasteiger partial charge in [0, 0.05) is 64.9 Å². The Morgan fingerprint density at radius 2 is 1.55 bits per heavy atom. The van der Waals surface area contributed by atoms with Crippen LogP contribution in [0, 0.1) is 23.8 Å². The molecule has 1 radical (unpaired) electrons. The number of carbonyl (C=O) groups is 1. The van der Waals surface area contributed by atoms with Gasteiger partial charge in [0.2, 0.25) is 0 Å². The monoisotopic (exact) mass is 853 g/mol. The van der Waals surface area contributed by atoms with E-state index in [9.17, 15) is 9.90 Å². The molecule has 49 heavy (non-hydrogen) atoms. The molecule has 0 fully saturated rings. The molecular formula is C44H54IrNO2S-. The van der Waals surface area contributed by atoms with Crippen molar-refractivity contribution >= 4 is 38.0 Å². The Morgan fingerprint density at radius 1 is 0.878 bits per heavy atom. The first-order chi connectivity index (χ1) is 22.9. The number of rotatable bonds is 11. The van der Waals surface area contributed by atoms with E-state index >= 15 is 0 Å². The number of aliphatic hydroxyl groups excluding tert-OH is 1. The Labute approximate surface area is 312 Å². The van der Waals surface area contributed by atoms with Gasteiger partial charge in [0.15, 0.2) is 5.78 Å². The predicted octanol–water partition coefficient (Wildman–Crippen LogP) is 12.9. The first-order valence-corrected chi connectivity index (χ1v) is 18.6. The Balaban J connectivity index is 0.000000347. The van der Waals surface area contributed by atoms with Gasteiger partial charge in [0.05, 0.1) is 5.76 Å². The molecule has 5 rings (SSSR count). The molecule has 3 aromatic carbocycles. The molecule has 263 valence electrons. The summed E-state index contributed by atoms with van der Waals surface area (Å²) in [6.45, 7) is 19.5. The van der Waals surface area contributed by atoms with Crippen LogP contribution < -0.4 is 0 Å². The number of benzene rings is 3. The fourth-order valence-electron chi connectivity index (χ4n) is 6.38. The van der Waals surface area contributed by atoms with Crippen molar-refractivity contribution in [2.24, 2.45) is 17.8 Å². The van der Waals surface area contributed by atoms with E-state index in [-0.39, 0.29) is 48.9 Å². The molecule has 0 amide bonds. The molecule has 5 heteroatoms. The summed E-state index contributed by atoms with van der Waals surface area (Å²) in [5.41, 5.74) is 5.88. The van der Waals surface area contributed by atoms with Crippen LogP contribution in [0.2, 0.25) is 0 Å². The summed E-state index contributed by atoms with van der Waals surface area (Å²) in [7, 11) is 0. The fourth-order valence-corrected chi connectivity index (χ4v) is 7.68. The molecule has 0 aliphatic rings. The zero-order valence-corrected chi connectivity index (χ0v) is 34.0. The molecule has 0 aliphatic carbocycles. The minimum Gasteiger partial charge on any atom is -0.512 e. The van der Waals surface area contributed by atoms with Crippen molar-refractivity contribution in [3.05, 3.63) is 101 Å². The van der Waals surface area contributed by atoms with Gasteiger partial charge in [-0.15, -0.1) is 40.5 Å². The number of pyridine rings is 1. The van der Waals surface area contributed by atoms with E-state index in [2.05, 4.69) is 107 Å². The van der Waals surface area contributed by atoms with E-state index in [1.807, 2.05) is 45.2 Å². The third-order valence-electron chi connectivity index (χ3n) is 9.23. The van der Waals surface area contributed by atoms with Crippen LogP contribution in [-0.4, -0.2) is 15.9 Å². The standard InChI is InChI=1S/C31H30NS.C13H24O2.Ir/c1-20(2)15-24-19-27-25(11-8-12-30(27)33-24)22-13-14-32-29(18-22)23-16-21-9-6-7-10-26(21)28(17-23)31(3,4)5;1-5-10(6-2)12(14)9-13(15)11(7-3)8-4;/h6-14,17-20H,15H2,1-5H3;9-11,14H,5-8H2,1-4H3;/q-1;;/b;12-9-;. The molecule has 2 heterocycles. The molecule has 0 aliphatic heterocycles. The summed E-state index contributed by atoms with van der Waals surface area (Å²) in [5, 5.41) is 13.5. The van der Waals surface area contributed by atoms with Crippen molar-refractivity contribution in [2.75, 3.05) is 0 Å². The van der Waals surface area contributed by atoms with Crippen molar-refractivity contribution in [2.45, 2.75) is 99.8 Å². The van der Waals surface area contributed by atoms with E-state index < -0.39 is 0 Å². The number of nitrogens with zero attached hydrogens (tertiary/aromatic N) is 1. The van der Waals surface area contributed by atoms with Gasteiger partial charge in [-0.3, -0.25) is 9.78 Å². The van der Waals surface area contributed by atoms with Crippen LogP contribution in [0.4, 0.5) is 0 Å². The molecular weight excluding hydrogens is 799 g/mol. The molecule has 3 nitrogen and oxygen atoms in total. The maximum Gasteiger partial charge on any atom is 0.162 e. The van der Waals surface area contributed by atoms with E-state index in [4.69, 9.17) is 4.98 Å². The van der Waals surface area contributed by atoms with Gasteiger partial charge in [-0.2, -0.15) is 0 Å². The first-order valence-electron chi connectivity index (χ1n) is 17.8. The Hall–Kier alpha value is -3.11. The second-order valence-electron chi connectivity index (χ2n) is 14.3. The van der Waals surface area contributed by atoms with E-state index in [0.29, 0.717) is 5.92 Å². The summed E-state index contributed by atoms with van der Waals surface area (Å²) < 4.78 is 1.36. The minimum atomic E-state index is 0. The maximum atomic E-state index is 11.7. The van der Waals surface area contributed by atoms with Crippen LogP contribution in [0.3, 0.4) is 0 Å². The van der Waals surface area contributed by atoms with Gasteiger partial charge in [0.25, 0.3) is 0 Å². The zero-order valence-electron chi connectivity index (χ0n) is 30.8. The summed E-state index contributed by atoms with van der Waals surface area (Å²) in [6, 6.07) is 27.8. The van der Waals surface area contributed by atoms with Gasteiger partial charge >= 0.3 is 0 Å². The Morgan fingerprint density at radius 3 is 2.18 bits per heavy atom. The van der Waals surface area contributed by atoms with Crippen LogP contribution in [0.25, 0.3) is 43.2 Å². The van der Waals surface area contributed by atoms with Gasteiger partial charge in [-0.05, 0) is 72.8 Å². The molecule has 5 aromatic rings. The van der Waals surface area contributed by atoms with Crippen molar-refractivity contribution in [1.82, 2.24) is 4.98 Å². The number of aliphatic hydroxyl groups is 1. The third kappa shape index (κ3) is 10.2.